The molecule has 0 spiro atoms. The Hall–Kier alpha value is -4.82. The summed E-state index contributed by atoms with van der Waals surface area (Å²) in [5.41, 5.74) is 8.45. The van der Waals surface area contributed by atoms with Crippen LogP contribution in [0.2, 0.25) is 0 Å². The highest BCUT2D eigenvalue weighted by Gasteiger charge is 2.15. The van der Waals surface area contributed by atoms with E-state index in [9.17, 15) is 0 Å². The molecule has 0 saturated carbocycles. The Kier molecular flexibility index (Phi) is 3.97. The molecule has 6 aromatic carbocycles. The zero-order valence-corrected chi connectivity index (χ0v) is 19.6. The summed E-state index contributed by atoms with van der Waals surface area (Å²) in [5.74, 6) is 0. The highest BCUT2D eigenvalue weighted by atomic mass is 15.0. The summed E-state index contributed by atoms with van der Waals surface area (Å²) in [7, 11) is 0. The van der Waals surface area contributed by atoms with Gasteiger partial charge >= 0.3 is 0 Å². The summed E-state index contributed by atoms with van der Waals surface area (Å²) in [4.78, 5) is 3.60. The van der Waals surface area contributed by atoms with Gasteiger partial charge in [0, 0.05) is 38.3 Å². The van der Waals surface area contributed by atoms with Crippen LogP contribution < -0.4 is 0 Å². The van der Waals surface area contributed by atoms with Crippen molar-refractivity contribution in [2.24, 2.45) is 0 Å². The van der Waals surface area contributed by atoms with Gasteiger partial charge in [0.05, 0.1) is 11.0 Å². The summed E-state index contributed by atoms with van der Waals surface area (Å²) in [6.45, 7) is 0. The monoisotopic (exact) mass is 458 g/mol. The number of aromatic nitrogens is 2. The van der Waals surface area contributed by atoms with E-state index < -0.39 is 0 Å². The third-order valence-corrected chi connectivity index (χ3v) is 7.51. The molecule has 0 fully saturated rings. The van der Waals surface area contributed by atoms with Crippen molar-refractivity contribution < 1.29 is 0 Å². The van der Waals surface area contributed by atoms with Crippen molar-refractivity contribution in [3.05, 3.63) is 127 Å². The van der Waals surface area contributed by atoms with E-state index in [0.717, 1.165) is 0 Å². The number of hydrogen-bond donors (Lipinski definition) is 1. The molecule has 0 aliphatic heterocycles. The molecule has 0 aliphatic rings. The lowest BCUT2D eigenvalue weighted by Crippen LogP contribution is -1.94. The van der Waals surface area contributed by atoms with Gasteiger partial charge in [0.2, 0.25) is 0 Å². The second-order valence-corrected chi connectivity index (χ2v) is 9.51. The predicted octanol–water partition coefficient (Wildman–Crippen LogP) is 9.24. The molecule has 36 heavy (non-hydrogen) atoms. The molecule has 2 heterocycles. The van der Waals surface area contributed by atoms with Gasteiger partial charge < -0.3 is 9.55 Å². The van der Waals surface area contributed by atoms with E-state index in [-0.39, 0.29) is 0 Å². The minimum absolute atomic E-state index is 1.17. The number of benzene rings is 6. The maximum atomic E-state index is 3.60. The summed E-state index contributed by atoms with van der Waals surface area (Å²) in [6, 6.07) is 46.1. The Bertz CT molecular complexity index is 2110. The number of rotatable bonds is 2. The topological polar surface area (TPSA) is 20.7 Å². The molecule has 0 bridgehead atoms. The average Bonchev–Trinajstić information content (AvgIpc) is 3.48. The first-order chi connectivity index (χ1) is 17.8. The second-order valence-electron chi connectivity index (χ2n) is 9.51. The summed E-state index contributed by atoms with van der Waals surface area (Å²) in [6.07, 6.45) is 0. The normalized spacial score (nSPS) is 11.9. The number of nitrogens with one attached hydrogen (secondary N) is 1. The van der Waals surface area contributed by atoms with Crippen LogP contribution in [0.4, 0.5) is 0 Å². The molecular formula is C34H22N2. The van der Waals surface area contributed by atoms with Gasteiger partial charge in [-0.25, -0.2) is 0 Å². The number of hydrogen-bond acceptors (Lipinski definition) is 0. The van der Waals surface area contributed by atoms with E-state index >= 15 is 0 Å². The predicted molar refractivity (Wildman–Crippen MR) is 153 cm³/mol. The molecule has 2 heteroatoms. The van der Waals surface area contributed by atoms with E-state index in [4.69, 9.17) is 0 Å². The van der Waals surface area contributed by atoms with Crippen molar-refractivity contribution in [3.63, 3.8) is 0 Å². The molecule has 1 N–H and O–H groups in total. The van der Waals surface area contributed by atoms with Gasteiger partial charge in [0.15, 0.2) is 0 Å². The minimum atomic E-state index is 1.17. The molecule has 8 aromatic rings. The maximum Gasteiger partial charge on any atom is 0.0547 e. The molecule has 0 atom stereocenters. The Morgan fingerprint density at radius 2 is 1.22 bits per heavy atom. The fourth-order valence-electron chi connectivity index (χ4n) is 5.87. The van der Waals surface area contributed by atoms with Gasteiger partial charge in [0.25, 0.3) is 0 Å². The fraction of sp³-hybridized carbons (Fsp3) is 0. The molecule has 0 unspecified atom stereocenters. The lowest BCUT2D eigenvalue weighted by Gasteiger charge is -2.11. The lowest BCUT2D eigenvalue weighted by atomic mass is 9.98. The van der Waals surface area contributed by atoms with Crippen LogP contribution in [0.5, 0.6) is 0 Å². The first kappa shape index (κ1) is 19.5. The SMILES string of the molecule is c1ccc2cc(-n3c4ccccc4c4ccc(-c5cccc6[nH]c7ccccc7c56)cc43)ccc2c1. The van der Waals surface area contributed by atoms with Crippen LogP contribution in [0.15, 0.2) is 127 Å². The molecule has 0 saturated heterocycles. The first-order valence-electron chi connectivity index (χ1n) is 12.4. The Labute approximate surface area is 208 Å². The van der Waals surface area contributed by atoms with Crippen LogP contribution in [-0.2, 0) is 0 Å². The van der Waals surface area contributed by atoms with E-state index in [0.29, 0.717) is 0 Å². The van der Waals surface area contributed by atoms with Gasteiger partial charge in [-0.3, -0.25) is 0 Å². The van der Waals surface area contributed by atoms with E-state index in [1.54, 1.807) is 0 Å². The zero-order chi connectivity index (χ0) is 23.6. The maximum absolute atomic E-state index is 3.60. The van der Waals surface area contributed by atoms with Crippen molar-refractivity contribution in [1.82, 2.24) is 9.55 Å². The van der Waals surface area contributed by atoms with Gasteiger partial charge in [-0.15, -0.1) is 0 Å². The van der Waals surface area contributed by atoms with E-state index in [1.807, 2.05) is 0 Å². The van der Waals surface area contributed by atoms with Gasteiger partial charge in [-0.05, 0) is 58.3 Å². The van der Waals surface area contributed by atoms with E-state index in [2.05, 4.69) is 137 Å². The van der Waals surface area contributed by atoms with E-state index in [1.165, 1.54) is 71.2 Å². The van der Waals surface area contributed by atoms with Crippen molar-refractivity contribution in [2.75, 3.05) is 0 Å². The minimum Gasteiger partial charge on any atom is -0.354 e. The van der Waals surface area contributed by atoms with Crippen molar-refractivity contribution in [1.29, 1.82) is 0 Å². The highest BCUT2D eigenvalue weighted by molar-refractivity contribution is 6.16. The lowest BCUT2D eigenvalue weighted by molar-refractivity contribution is 1.19. The summed E-state index contributed by atoms with van der Waals surface area (Å²) < 4.78 is 2.41. The fourth-order valence-corrected chi connectivity index (χ4v) is 5.87. The molecule has 8 rings (SSSR count). The van der Waals surface area contributed by atoms with Crippen LogP contribution in [0, 0.1) is 0 Å². The molecule has 2 aromatic heterocycles. The third kappa shape index (κ3) is 2.73. The van der Waals surface area contributed by atoms with Gasteiger partial charge in [-0.2, -0.15) is 0 Å². The summed E-state index contributed by atoms with van der Waals surface area (Å²) >= 11 is 0. The van der Waals surface area contributed by atoms with Crippen LogP contribution >= 0.6 is 0 Å². The second kappa shape index (κ2) is 7.34. The Balaban J connectivity index is 1.45. The van der Waals surface area contributed by atoms with Gasteiger partial charge in [-0.1, -0.05) is 91.0 Å². The number of para-hydroxylation sites is 2. The third-order valence-electron chi connectivity index (χ3n) is 7.51. The number of aromatic amines is 1. The molecule has 0 amide bonds. The zero-order valence-electron chi connectivity index (χ0n) is 19.6. The average molecular weight is 459 g/mol. The highest BCUT2D eigenvalue weighted by Crippen LogP contribution is 2.39. The number of H-pyrrole nitrogens is 1. The molecule has 0 aliphatic carbocycles. The van der Waals surface area contributed by atoms with Crippen LogP contribution in [-0.4, -0.2) is 9.55 Å². The van der Waals surface area contributed by atoms with Crippen LogP contribution in [0.25, 0.3) is 71.2 Å². The van der Waals surface area contributed by atoms with Crippen molar-refractivity contribution in [2.45, 2.75) is 0 Å². The summed E-state index contributed by atoms with van der Waals surface area (Å²) in [5, 5.41) is 7.60. The van der Waals surface area contributed by atoms with Crippen molar-refractivity contribution in [3.8, 4) is 16.8 Å². The van der Waals surface area contributed by atoms with Crippen LogP contribution in [0.1, 0.15) is 0 Å². The smallest absolute Gasteiger partial charge is 0.0547 e. The quantitative estimate of drug-likeness (QED) is 0.266. The first-order valence-corrected chi connectivity index (χ1v) is 12.4. The number of fused-ring (bicyclic) bond motifs is 7. The Morgan fingerprint density at radius 3 is 2.17 bits per heavy atom. The molecule has 2 nitrogen and oxygen atoms in total. The largest absolute Gasteiger partial charge is 0.354 e. The van der Waals surface area contributed by atoms with Crippen molar-refractivity contribution >= 4 is 54.4 Å². The molecular weight excluding hydrogens is 436 g/mol. The standard InChI is InChI=1S/C34H22N2/c1-2-9-23-20-25(18-16-22(23)8-1)36-32-15-6-4-10-27(32)28-19-17-24(21-33(28)36)26-12-7-14-31-34(26)29-11-3-5-13-30(29)35-31/h1-21,35H. The Morgan fingerprint density at radius 1 is 0.472 bits per heavy atom. The molecule has 168 valence electrons. The number of nitrogens with zero attached hydrogens (tertiary/aromatic N) is 1. The molecule has 0 radical (unpaired) electrons. The van der Waals surface area contributed by atoms with Crippen LogP contribution in [0.3, 0.4) is 0 Å². The van der Waals surface area contributed by atoms with Gasteiger partial charge in [0.1, 0.15) is 0 Å².